The van der Waals surface area contributed by atoms with Crippen molar-refractivity contribution in [2.24, 2.45) is 0 Å². The third kappa shape index (κ3) is 3.29. The molecule has 2 N–H and O–H groups in total. The average Bonchev–Trinajstić information content (AvgIpc) is 2.45. The fourth-order valence-corrected chi connectivity index (χ4v) is 2.05. The number of carbonyl (C=O) groups is 1. The third-order valence-electron chi connectivity index (χ3n) is 3.04. The van der Waals surface area contributed by atoms with Gasteiger partial charge >= 0.3 is 5.97 Å². The number of morpholine rings is 1. The van der Waals surface area contributed by atoms with E-state index >= 15 is 0 Å². The van der Waals surface area contributed by atoms with E-state index in [4.69, 9.17) is 9.84 Å². The van der Waals surface area contributed by atoms with Gasteiger partial charge in [0.1, 0.15) is 5.56 Å². The van der Waals surface area contributed by atoms with E-state index in [0.29, 0.717) is 31.9 Å². The van der Waals surface area contributed by atoms with Crippen LogP contribution in [-0.4, -0.2) is 47.3 Å². The Morgan fingerprint density at radius 2 is 2.15 bits per heavy atom. The van der Waals surface area contributed by atoms with Gasteiger partial charge in [-0.25, -0.2) is 9.80 Å². The van der Waals surface area contributed by atoms with E-state index in [2.05, 4.69) is 5.43 Å². The minimum atomic E-state index is -1.30. The number of benzene rings is 1. The lowest BCUT2D eigenvalue weighted by Crippen LogP contribution is -2.45. The van der Waals surface area contributed by atoms with Gasteiger partial charge in [-0.15, -0.1) is 0 Å². The van der Waals surface area contributed by atoms with Gasteiger partial charge in [-0.2, -0.15) is 0 Å². The van der Waals surface area contributed by atoms with Crippen molar-refractivity contribution in [1.82, 2.24) is 10.4 Å². The van der Waals surface area contributed by atoms with Gasteiger partial charge in [0.05, 0.1) is 18.1 Å². The molecule has 1 aromatic rings. The highest BCUT2D eigenvalue weighted by Crippen LogP contribution is 2.22. The quantitative estimate of drug-likeness (QED) is 0.602. The summed E-state index contributed by atoms with van der Waals surface area (Å²) in [7, 11) is 0. The largest absolute Gasteiger partial charge is 0.477 e. The molecule has 108 valence electrons. The van der Waals surface area contributed by atoms with Crippen LogP contribution in [0.15, 0.2) is 18.2 Å². The maximum atomic E-state index is 11.2. The fraction of sp³-hybridized carbons (Fsp3) is 0.417. The number of nitro benzene ring substituents is 1. The van der Waals surface area contributed by atoms with Crippen LogP contribution in [0.25, 0.3) is 0 Å². The molecule has 0 unspecified atom stereocenters. The molecule has 1 aromatic carbocycles. The SMILES string of the molecule is O=C(O)c1c(CNN2CCOCC2)cccc1[N+](=O)[O-]. The molecule has 0 radical (unpaired) electrons. The molecule has 0 atom stereocenters. The number of rotatable bonds is 5. The summed E-state index contributed by atoms with van der Waals surface area (Å²) in [5.74, 6) is -1.30. The first-order chi connectivity index (χ1) is 9.59. The molecule has 0 aromatic heterocycles. The van der Waals surface area contributed by atoms with Gasteiger partial charge in [-0.3, -0.25) is 15.5 Å². The van der Waals surface area contributed by atoms with Crippen molar-refractivity contribution in [2.75, 3.05) is 26.3 Å². The van der Waals surface area contributed by atoms with E-state index in [0.717, 1.165) is 0 Å². The molecule has 0 amide bonds. The Bertz CT molecular complexity index is 514. The van der Waals surface area contributed by atoms with Gasteiger partial charge in [-0.05, 0) is 5.56 Å². The van der Waals surface area contributed by atoms with E-state index < -0.39 is 16.6 Å². The zero-order valence-corrected chi connectivity index (χ0v) is 10.7. The van der Waals surface area contributed by atoms with Crippen LogP contribution in [0.1, 0.15) is 15.9 Å². The smallest absolute Gasteiger partial charge is 0.343 e. The summed E-state index contributed by atoms with van der Waals surface area (Å²) in [4.78, 5) is 21.4. The second kappa shape index (κ2) is 6.42. The van der Waals surface area contributed by atoms with Gasteiger partial charge in [0.25, 0.3) is 5.69 Å². The Kier molecular flexibility index (Phi) is 4.61. The molecule has 8 nitrogen and oxygen atoms in total. The fourth-order valence-electron chi connectivity index (χ4n) is 2.05. The molecule has 1 aliphatic heterocycles. The zero-order valence-electron chi connectivity index (χ0n) is 10.7. The van der Waals surface area contributed by atoms with Crippen LogP contribution in [0.2, 0.25) is 0 Å². The van der Waals surface area contributed by atoms with Gasteiger partial charge < -0.3 is 9.84 Å². The van der Waals surface area contributed by atoms with Crippen molar-refractivity contribution < 1.29 is 19.6 Å². The monoisotopic (exact) mass is 281 g/mol. The molecular formula is C12H15N3O5. The number of nitro groups is 1. The summed E-state index contributed by atoms with van der Waals surface area (Å²) in [5.41, 5.74) is 2.80. The van der Waals surface area contributed by atoms with Crippen molar-refractivity contribution in [2.45, 2.75) is 6.54 Å². The highest BCUT2D eigenvalue weighted by molar-refractivity contribution is 5.94. The molecule has 0 saturated carbocycles. The summed E-state index contributed by atoms with van der Waals surface area (Å²) >= 11 is 0. The highest BCUT2D eigenvalue weighted by Gasteiger charge is 2.23. The van der Waals surface area contributed by atoms with Crippen LogP contribution in [0.5, 0.6) is 0 Å². The molecule has 1 fully saturated rings. The van der Waals surface area contributed by atoms with Gasteiger partial charge in [0.2, 0.25) is 0 Å². The van der Waals surface area contributed by atoms with E-state index in [1.807, 2.05) is 5.01 Å². The van der Waals surface area contributed by atoms with Crippen LogP contribution >= 0.6 is 0 Å². The first-order valence-corrected chi connectivity index (χ1v) is 6.15. The predicted molar refractivity (Wildman–Crippen MR) is 69.3 cm³/mol. The van der Waals surface area contributed by atoms with Crippen molar-refractivity contribution in [3.63, 3.8) is 0 Å². The number of nitrogens with zero attached hydrogens (tertiary/aromatic N) is 2. The van der Waals surface area contributed by atoms with E-state index in [1.165, 1.54) is 12.1 Å². The average molecular weight is 281 g/mol. The zero-order chi connectivity index (χ0) is 14.5. The molecule has 0 bridgehead atoms. The van der Waals surface area contributed by atoms with Crippen LogP contribution in [0.3, 0.4) is 0 Å². The van der Waals surface area contributed by atoms with Gasteiger partial charge in [-0.1, -0.05) is 12.1 Å². The number of nitrogens with one attached hydrogen (secondary N) is 1. The number of hydrazine groups is 1. The molecule has 8 heteroatoms. The topological polar surface area (TPSA) is 105 Å². The first kappa shape index (κ1) is 14.4. The number of ether oxygens (including phenoxy) is 1. The first-order valence-electron chi connectivity index (χ1n) is 6.15. The molecule has 0 aliphatic carbocycles. The normalized spacial score (nSPS) is 16.0. The Hall–Kier alpha value is -2.03. The third-order valence-corrected chi connectivity index (χ3v) is 3.04. The lowest BCUT2D eigenvalue weighted by molar-refractivity contribution is -0.385. The highest BCUT2D eigenvalue weighted by atomic mass is 16.6. The molecular weight excluding hydrogens is 266 g/mol. The van der Waals surface area contributed by atoms with Crippen molar-refractivity contribution in [3.8, 4) is 0 Å². The predicted octanol–water partition coefficient (Wildman–Crippen LogP) is 0.630. The second-order valence-electron chi connectivity index (χ2n) is 4.31. The summed E-state index contributed by atoms with van der Waals surface area (Å²) in [5, 5.41) is 22.0. The summed E-state index contributed by atoms with van der Waals surface area (Å²) in [6.07, 6.45) is 0. The summed E-state index contributed by atoms with van der Waals surface area (Å²) < 4.78 is 5.20. The molecule has 1 aliphatic rings. The number of hydrogen-bond donors (Lipinski definition) is 2. The number of aromatic carboxylic acids is 1. The van der Waals surface area contributed by atoms with Crippen molar-refractivity contribution in [3.05, 3.63) is 39.4 Å². The van der Waals surface area contributed by atoms with Crippen LogP contribution in [0.4, 0.5) is 5.69 Å². The molecule has 2 rings (SSSR count). The van der Waals surface area contributed by atoms with E-state index in [9.17, 15) is 14.9 Å². The minimum absolute atomic E-state index is 0.226. The Labute approximate surface area is 115 Å². The second-order valence-corrected chi connectivity index (χ2v) is 4.31. The van der Waals surface area contributed by atoms with E-state index in [-0.39, 0.29) is 12.1 Å². The lowest BCUT2D eigenvalue weighted by atomic mass is 10.1. The van der Waals surface area contributed by atoms with Crippen LogP contribution < -0.4 is 5.43 Å². The molecule has 1 saturated heterocycles. The van der Waals surface area contributed by atoms with Crippen LogP contribution in [0, 0.1) is 10.1 Å². The number of carboxylic acids is 1. The summed E-state index contributed by atoms with van der Waals surface area (Å²) in [6, 6.07) is 4.26. The standard InChI is InChI=1S/C12H15N3O5/c16-12(17)11-9(2-1-3-10(11)15(18)19)8-13-14-4-6-20-7-5-14/h1-3,13H,4-8H2,(H,16,17). The summed E-state index contributed by atoms with van der Waals surface area (Å²) in [6.45, 7) is 2.82. The Morgan fingerprint density at radius 1 is 1.45 bits per heavy atom. The Balaban J connectivity index is 2.16. The lowest BCUT2D eigenvalue weighted by Gasteiger charge is -2.27. The van der Waals surface area contributed by atoms with Gasteiger partial charge in [0, 0.05) is 25.7 Å². The molecule has 0 spiro atoms. The number of hydrogen-bond acceptors (Lipinski definition) is 6. The Morgan fingerprint density at radius 3 is 2.75 bits per heavy atom. The minimum Gasteiger partial charge on any atom is -0.477 e. The van der Waals surface area contributed by atoms with Gasteiger partial charge in [0.15, 0.2) is 0 Å². The van der Waals surface area contributed by atoms with Crippen molar-refractivity contribution in [1.29, 1.82) is 0 Å². The van der Waals surface area contributed by atoms with Crippen LogP contribution in [-0.2, 0) is 11.3 Å². The number of carboxylic acid groups (broad SMARTS) is 1. The maximum Gasteiger partial charge on any atom is 0.343 e. The van der Waals surface area contributed by atoms with E-state index in [1.54, 1.807) is 6.07 Å². The maximum absolute atomic E-state index is 11.2. The molecule has 20 heavy (non-hydrogen) atoms. The molecule has 1 heterocycles. The van der Waals surface area contributed by atoms with Crippen molar-refractivity contribution >= 4 is 11.7 Å².